The number of halogens is 1. The summed E-state index contributed by atoms with van der Waals surface area (Å²) in [6.07, 6.45) is 0. The maximum Gasteiger partial charge on any atom is 0.246 e. The van der Waals surface area contributed by atoms with Crippen molar-refractivity contribution in [2.75, 3.05) is 11.9 Å². The molecule has 4 heteroatoms. The van der Waals surface area contributed by atoms with Gasteiger partial charge in [0.05, 0.1) is 11.4 Å². The van der Waals surface area contributed by atoms with Crippen LogP contribution in [0.2, 0.25) is 0 Å². The highest BCUT2D eigenvalue weighted by molar-refractivity contribution is 6.19. The Morgan fingerprint density at radius 2 is 1.90 bits per heavy atom. The van der Waals surface area contributed by atoms with E-state index in [1.165, 1.54) is 12.1 Å². The molecule has 1 heterocycles. The molecule has 0 bridgehead atoms. The molecular formula is C16H13FN2O. The molecule has 100 valence electrons. The van der Waals surface area contributed by atoms with E-state index in [9.17, 15) is 9.18 Å². The van der Waals surface area contributed by atoms with Crippen molar-refractivity contribution in [2.45, 2.75) is 6.92 Å². The van der Waals surface area contributed by atoms with Crippen LogP contribution in [-0.4, -0.2) is 18.2 Å². The van der Waals surface area contributed by atoms with Crippen LogP contribution in [0.4, 0.5) is 10.1 Å². The number of hydrogen-bond acceptors (Lipinski definition) is 2. The van der Waals surface area contributed by atoms with Crippen molar-refractivity contribution in [3.63, 3.8) is 0 Å². The SMILES string of the molecule is Cc1cccc2c1NC(=O)CN=C2c1ccc(F)cc1. The van der Waals surface area contributed by atoms with Crippen LogP contribution in [0.25, 0.3) is 0 Å². The van der Waals surface area contributed by atoms with Gasteiger partial charge in [0.1, 0.15) is 12.4 Å². The summed E-state index contributed by atoms with van der Waals surface area (Å²) in [5, 5.41) is 2.87. The molecule has 0 unspecified atom stereocenters. The minimum absolute atomic E-state index is 0.0703. The number of fused-ring (bicyclic) bond motifs is 1. The molecule has 1 amide bonds. The Kier molecular flexibility index (Phi) is 3.06. The van der Waals surface area contributed by atoms with E-state index < -0.39 is 0 Å². The van der Waals surface area contributed by atoms with Crippen LogP contribution < -0.4 is 5.32 Å². The van der Waals surface area contributed by atoms with Gasteiger partial charge in [-0.1, -0.05) is 18.2 Å². The molecule has 0 aliphatic carbocycles. The maximum atomic E-state index is 13.0. The van der Waals surface area contributed by atoms with E-state index >= 15 is 0 Å². The number of rotatable bonds is 1. The van der Waals surface area contributed by atoms with Crippen LogP contribution in [0.5, 0.6) is 0 Å². The lowest BCUT2D eigenvalue weighted by Crippen LogP contribution is -2.14. The van der Waals surface area contributed by atoms with Gasteiger partial charge in [0.25, 0.3) is 0 Å². The smallest absolute Gasteiger partial charge is 0.246 e. The molecular weight excluding hydrogens is 255 g/mol. The number of hydrogen-bond donors (Lipinski definition) is 1. The van der Waals surface area contributed by atoms with Gasteiger partial charge in [0.2, 0.25) is 5.91 Å². The quantitative estimate of drug-likeness (QED) is 0.849. The van der Waals surface area contributed by atoms with Crippen LogP contribution in [-0.2, 0) is 4.79 Å². The highest BCUT2D eigenvalue weighted by Crippen LogP contribution is 2.26. The fourth-order valence-electron chi connectivity index (χ4n) is 2.30. The molecule has 2 aromatic rings. The van der Waals surface area contributed by atoms with Crippen LogP contribution in [0, 0.1) is 12.7 Å². The second-order valence-electron chi connectivity index (χ2n) is 4.72. The normalized spacial score (nSPS) is 14.1. The van der Waals surface area contributed by atoms with Gasteiger partial charge in [-0.25, -0.2) is 4.39 Å². The molecule has 1 aliphatic rings. The van der Waals surface area contributed by atoms with E-state index in [2.05, 4.69) is 10.3 Å². The molecule has 3 rings (SSSR count). The highest BCUT2D eigenvalue weighted by Gasteiger charge is 2.18. The largest absolute Gasteiger partial charge is 0.324 e. The van der Waals surface area contributed by atoms with Crippen molar-refractivity contribution in [1.29, 1.82) is 0 Å². The first-order chi connectivity index (χ1) is 9.65. The molecule has 0 atom stereocenters. The third-order valence-corrected chi connectivity index (χ3v) is 3.29. The Morgan fingerprint density at radius 3 is 2.65 bits per heavy atom. The summed E-state index contributed by atoms with van der Waals surface area (Å²) in [6.45, 7) is 2.01. The zero-order valence-corrected chi connectivity index (χ0v) is 11.0. The summed E-state index contributed by atoms with van der Waals surface area (Å²) < 4.78 is 13.0. The fraction of sp³-hybridized carbons (Fsp3) is 0.125. The fourth-order valence-corrected chi connectivity index (χ4v) is 2.30. The second kappa shape index (κ2) is 4.89. The second-order valence-corrected chi connectivity index (χ2v) is 4.72. The minimum atomic E-state index is -0.290. The van der Waals surface area contributed by atoms with E-state index in [1.807, 2.05) is 25.1 Å². The van der Waals surface area contributed by atoms with Crippen LogP contribution >= 0.6 is 0 Å². The first kappa shape index (κ1) is 12.5. The average Bonchev–Trinajstić information content (AvgIpc) is 2.60. The van der Waals surface area contributed by atoms with Crippen molar-refractivity contribution in [3.05, 3.63) is 65.0 Å². The van der Waals surface area contributed by atoms with Gasteiger partial charge >= 0.3 is 0 Å². The number of benzene rings is 2. The van der Waals surface area contributed by atoms with E-state index in [0.717, 1.165) is 22.4 Å². The molecule has 1 aliphatic heterocycles. The van der Waals surface area contributed by atoms with Gasteiger partial charge in [0.15, 0.2) is 0 Å². The first-order valence-electron chi connectivity index (χ1n) is 6.35. The van der Waals surface area contributed by atoms with E-state index in [1.54, 1.807) is 12.1 Å². The van der Waals surface area contributed by atoms with Crippen molar-refractivity contribution >= 4 is 17.3 Å². The van der Waals surface area contributed by atoms with Crippen molar-refractivity contribution in [1.82, 2.24) is 0 Å². The Bertz CT molecular complexity index is 705. The molecule has 1 N–H and O–H groups in total. The van der Waals surface area contributed by atoms with Gasteiger partial charge in [0, 0.05) is 11.1 Å². The minimum Gasteiger partial charge on any atom is -0.324 e. The van der Waals surface area contributed by atoms with E-state index in [0.29, 0.717) is 5.71 Å². The molecule has 20 heavy (non-hydrogen) atoms. The molecule has 0 saturated heterocycles. The molecule has 0 saturated carbocycles. The summed E-state index contributed by atoms with van der Waals surface area (Å²) in [5.41, 5.74) is 4.13. The Hall–Kier alpha value is -2.49. The number of carbonyl (C=O) groups excluding carboxylic acids is 1. The molecule has 0 radical (unpaired) electrons. The topological polar surface area (TPSA) is 41.5 Å². The van der Waals surface area contributed by atoms with Gasteiger partial charge in [-0.15, -0.1) is 0 Å². The number of benzodiazepines with no additional fused rings is 1. The Morgan fingerprint density at radius 1 is 1.15 bits per heavy atom. The highest BCUT2D eigenvalue weighted by atomic mass is 19.1. The number of nitrogens with zero attached hydrogens (tertiary/aromatic N) is 1. The Labute approximate surface area is 116 Å². The number of anilines is 1. The number of nitrogens with one attached hydrogen (secondary N) is 1. The maximum absolute atomic E-state index is 13.0. The van der Waals surface area contributed by atoms with Crippen LogP contribution in [0.3, 0.4) is 0 Å². The zero-order valence-electron chi connectivity index (χ0n) is 11.0. The number of amides is 1. The predicted molar refractivity (Wildman–Crippen MR) is 76.7 cm³/mol. The summed E-state index contributed by atoms with van der Waals surface area (Å²) in [5.74, 6) is -0.431. The van der Waals surface area contributed by atoms with Crippen LogP contribution in [0.15, 0.2) is 47.5 Å². The molecule has 0 spiro atoms. The van der Waals surface area contributed by atoms with Crippen LogP contribution in [0.1, 0.15) is 16.7 Å². The average molecular weight is 268 g/mol. The Balaban J connectivity index is 2.18. The van der Waals surface area contributed by atoms with Gasteiger partial charge in [-0.05, 0) is 36.8 Å². The van der Waals surface area contributed by atoms with E-state index in [4.69, 9.17) is 0 Å². The lowest BCUT2D eigenvalue weighted by Gasteiger charge is -2.12. The zero-order chi connectivity index (χ0) is 14.1. The summed E-state index contributed by atoms with van der Waals surface area (Å²) in [6, 6.07) is 11.9. The third-order valence-electron chi connectivity index (χ3n) is 3.29. The standard InChI is InChI=1S/C16H13FN2O/c1-10-3-2-4-13-15(10)19-14(20)9-18-16(13)11-5-7-12(17)8-6-11/h2-8H,9H2,1H3,(H,19,20). The number of aryl methyl sites for hydroxylation is 1. The molecule has 0 fully saturated rings. The lowest BCUT2D eigenvalue weighted by atomic mass is 9.98. The first-order valence-corrected chi connectivity index (χ1v) is 6.35. The summed E-state index contributed by atoms with van der Waals surface area (Å²) in [4.78, 5) is 16.1. The van der Waals surface area contributed by atoms with Gasteiger partial charge in [-0.2, -0.15) is 0 Å². The summed E-state index contributed by atoms with van der Waals surface area (Å²) in [7, 11) is 0. The third kappa shape index (κ3) is 2.20. The number of para-hydroxylation sites is 1. The van der Waals surface area contributed by atoms with Crippen molar-refractivity contribution in [2.24, 2.45) is 4.99 Å². The number of carbonyl (C=O) groups is 1. The van der Waals surface area contributed by atoms with E-state index in [-0.39, 0.29) is 18.3 Å². The van der Waals surface area contributed by atoms with Gasteiger partial charge < -0.3 is 5.32 Å². The molecule has 2 aromatic carbocycles. The number of aliphatic imine (C=N–C) groups is 1. The van der Waals surface area contributed by atoms with Crippen molar-refractivity contribution in [3.8, 4) is 0 Å². The van der Waals surface area contributed by atoms with Gasteiger partial charge in [-0.3, -0.25) is 9.79 Å². The van der Waals surface area contributed by atoms with Crippen molar-refractivity contribution < 1.29 is 9.18 Å². The molecule has 3 nitrogen and oxygen atoms in total. The predicted octanol–water partition coefficient (Wildman–Crippen LogP) is 2.92. The monoisotopic (exact) mass is 268 g/mol. The molecule has 0 aromatic heterocycles. The summed E-state index contributed by atoms with van der Waals surface area (Å²) >= 11 is 0. The lowest BCUT2D eigenvalue weighted by molar-refractivity contribution is -0.114.